The van der Waals surface area contributed by atoms with Crippen molar-refractivity contribution < 1.29 is 9.18 Å². The molecule has 0 spiro atoms. The second kappa shape index (κ2) is 7.65. The number of halogens is 1. The molecule has 0 amide bonds. The Hall–Kier alpha value is -2.41. The lowest BCUT2D eigenvalue weighted by Gasteiger charge is -2.10. The van der Waals surface area contributed by atoms with Gasteiger partial charge in [-0.1, -0.05) is 23.9 Å². The van der Waals surface area contributed by atoms with Crippen LogP contribution in [-0.4, -0.2) is 31.3 Å². The number of thioether (sulfide) groups is 1. The number of nitrogens with zero attached hydrogens (tertiary/aromatic N) is 3. The van der Waals surface area contributed by atoms with Crippen molar-refractivity contribution in [3.63, 3.8) is 0 Å². The molecule has 0 unspecified atom stereocenters. The monoisotopic (exact) mass is 358 g/mol. The zero-order valence-electron chi connectivity index (χ0n) is 14.1. The molecular formula is C18H19FN4OS. The van der Waals surface area contributed by atoms with E-state index in [9.17, 15) is 9.18 Å². The number of benzene rings is 1. The zero-order valence-corrected chi connectivity index (χ0v) is 14.9. The number of rotatable bonds is 7. The lowest BCUT2D eigenvalue weighted by molar-refractivity contribution is 0.102. The molecule has 25 heavy (non-hydrogen) atoms. The lowest BCUT2D eigenvalue weighted by atomic mass is 10.1. The van der Waals surface area contributed by atoms with Crippen LogP contribution in [0.3, 0.4) is 0 Å². The highest BCUT2D eigenvalue weighted by molar-refractivity contribution is 7.99. The molecule has 3 aromatic rings. The minimum Gasteiger partial charge on any atom is -0.348 e. The van der Waals surface area contributed by atoms with E-state index in [1.807, 2.05) is 19.9 Å². The Balaban J connectivity index is 1.67. The summed E-state index contributed by atoms with van der Waals surface area (Å²) in [7, 11) is 0. The summed E-state index contributed by atoms with van der Waals surface area (Å²) in [6.45, 7) is 4.72. The number of aromatic nitrogens is 4. The number of H-pyrrole nitrogens is 1. The number of carbonyl (C=O) groups excluding carboxylic acids is 1. The number of Topliss-reactive ketones (excluding diaryl/α,β-unsaturated/α-hetero) is 1. The largest absolute Gasteiger partial charge is 0.348 e. The number of nitrogens with one attached hydrogen (secondary N) is 1. The number of aryl methyl sites for hydroxylation is 2. The summed E-state index contributed by atoms with van der Waals surface area (Å²) in [5.41, 5.74) is 3.82. The maximum Gasteiger partial charge on any atom is 0.183 e. The van der Waals surface area contributed by atoms with E-state index in [0.717, 1.165) is 35.5 Å². The van der Waals surface area contributed by atoms with Crippen molar-refractivity contribution in [2.45, 2.75) is 32.0 Å². The molecule has 0 fully saturated rings. The number of ketones is 1. The summed E-state index contributed by atoms with van der Waals surface area (Å²) in [6, 6.07) is 8.47. The molecule has 2 aromatic heterocycles. The van der Waals surface area contributed by atoms with E-state index in [1.54, 1.807) is 12.1 Å². The molecule has 0 aliphatic rings. The molecule has 3 rings (SSSR count). The maximum absolute atomic E-state index is 13.0. The SMILES string of the molecule is Cc1cc(C(=O)CSc2ncn[nH]2)c(C)n1CCc1ccc(F)cc1. The average molecular weight is 358 g/mol. The normalized spacial score (nSPS) is 11.0. The van der Waals surface area contributed by atoms with Crippen LogP contribution in [0.2, 0.25) is 0 Å². The van der Waals surface area contributed by atoms with Gasteiger partial charge in [-0.3, -0.25) is 9.89 Å². The van der Waals surface area contributed by atoms with Crippen LogP contribution in [0, 0.1) is 19.7 Å². The highest BCUT2D eigenvalue weighted by Crippen LogP contribution is 2.20. The molecule has 5 nitrogen and oxygen atoms in total. The van der Waals surface area contributed by atoms with Gasteiger partial charge in [-0.2, -0.15) is 5.10 Å². The standard InChI is InChI=1S/C18H19FN4OS/c1-12-9-16(17(24)10-25-18-20-11-21-22-18)13(2)23(12)8-7-14-3-5-15(19)6-4-14/h3-6,9,11H,7-8,10H2,1-2H3,(H,20,21,22). The minimum atomic E-state index is -0.228. The molecule has 0 radical (unpaired) electrons. The molecule has 0 bridgehead atoms. The van der Waals surface area contributed by atoms with Crippen molar-refractivity contribution in [3.05, 3.63) is 65.0 Å². The van der Waals surface area contributed by atoms with Crippen LogP contribution in [-0.2, 0) is 13.0 Å². The summed E-state index contributed by atoms with van der Waals surface area (Å²) in [5.74, 6) is 0.161. The Labute approximate surface area is 149 Å². The second-order valence-electron chi connectivity index (χ2n) is 5.82. The molecule has 0 aliphatic carbocycles. The van der Waals surface area contributed by atoms with Crippen molar-refractivity contribution in [2.75, 3.05) is 5.75 Å². The van der Waals surface area contributed by atoms with Crippen molar-refractivity contribution in [1.82, 2.24) is 19.7 Å². The number of hydrogen-bond acceptors (Lipinski definition) is 4. The van der Waals surface area contributed by atoms with Gasteiger partial charge in [-0.05, 0) is 44.0 Å². The van der Waals surface area contributed by atoms with Gasteiger partial charge < -0.3 is 4.57 Å². The van der Waals surface area contributed by atoms with Crippen LogP contribution < -0.4 is 0 Å². The third kappa shape index (κ3) is 4.17. The van der Waals surface area contributed by atoms with Gasteiger partial charge in [0.15, 0.2) is 10.9 Å². The first-order chi connectivity index (χ1) is 12.0. The van der Waals surface area contributed by atoms with E-state index in [4.69, 9.17) is 0 Å². The van der Waals surface area contributed by atoms with Gasteiger partial charge in [0, 0.05) is 23.5 Å². The smallest absolute Gasteiger partial charge is 0.183 e. The Bertz CT molecular complexity index is 856. The molecule has 2 heterocycles. The summed E-state index contributed by atoms with van der Waals surface area (Å²) in [6.07, 6.45) is 2.21. The third-order valence-electron chi connectivity index (χ3n) is 4.14. The number of aromatic amines is 1. The molecule has 1 N–H and O–H groups in total. The predicted octanol–water partition coefficient (Wildman–Crippen LogP) is 3.58. The maximum atomic E-state index is 13.0. The Morgan fingerprint density at radius 2 is 2.04 bits per heavy atom. The van der Waals surface area contributed by atoms with Crippen LogP contribution in [0.1, 0.15) is 27.3 Å². The molecule has 0 saturated heterocycles. The van der Waals surface area contributed by atoms with Crippen LogP contribution in [0.4, 0.5) is 4.39 Å². The summed E-state index contributed by atoms with van der Waals surface area (Å²) < 4.78 is 15.1. The van der Waals surface area contributed by atoms with Crippen molar-refractivity contribution in [2.24, 2.45) is 0 Å². The van der Waals surface area contributed by atoms with Crippen LogP contribution in [0.25, 0.3) is 0 Å². The fourth-order valence-corrected chi connectivity index (χ4v) is 3.46. The van der Waals surface area contributed by atoms with Crippen molar-refractivity contribution in [3.8, 4) is 0 Å². The first-order valence-electron chi connectivity index (χ1n) is 7.97. The van der Waals surface area contributed by atoms with Gasteiger partial charge in [0.2, 0.25) is 0 Å². The topological polar surface area (TPSA) is 63.6 Å². The molecule has 0 atom stereocenters. The molecule has 0 aliphatic heterocycles. The molecule has 1 aromatic carbocycles. The fraction of sp³-hybridized carbons (Fsp3) is 0.278. The Morgan fingerprint density at radius 1 is 1.28 bits per heavy atom. The molecule has 130 valence electrons. The predicted molar refractivity (Wildman–Crippen MR) is 95.4 cm³/mol. The van der Waals surface area contributed by atoms with E-state index >= 15 is 0 Å². The quantitative estimate of drug-likeness (QED) is 0.518. The highest BCUT2D eigenvalue weighted by Gasteiger charge is 2.16. The van der Waals surface area contributed by atoms with Gasteiger partial charge >= 0.3 is 0 Å². The Kier molecular flexibility index (Phi) is 5.33. The zero-order chi connectivity index (χ0) is 17.8. The second-order valence-corrected chi connectivity index (χ2v) is 6.78. The van der Waals surface area contributed by atoms with Crippen LogP contribution >= 0.6 is 11.8 Å². The first kappa shape index (κ1) is 17.4. The van der Waals surface area contributed by atoms with Gasteiger partial charge in [0.1, 0.15) is 12.1 Å². The van der Waals surface area contributed by atoms with E-state index in [-0.39, 0.29) is 11.6 Å². The lowest BCUT2D eigenvalue weighted by Crippen LogP contribution is -2.08. The van der Waals surface area contributed by atoms with Gasteiger partial charge in [0.25, 0.3) is 0 Å². The van der Waals surface area contributed by atoms with Gasteiger partial charge in [-0.15, -0.1) is 0 Å². The third-order valence-corrected chi connectivity index (χ3v) is 5.02. The molecule has 0 saturated carbocycles. The summed E-state index contributed by atoms with van der Waals surface area (Å²) in [4.78, 5) is 16.5. The van der Waals surface area contributed by atoms with Gasteiger partial charge in [0.05, 0.1) is 5.75 Å². The van der Waals surface area contributed by atoms with Crippen molar-refractivity contribution >= 4 is 17.5 Å². The van der Waals surface area contributed by atoms with Crippen molar-refractivity contribution in [1.29, 1.82) is 0 Å². The minimum absolute atomic E-state index is 0.0718. The molecule has 7 heteroatoms. The van der Waals surface area contributed by atoms with Crippen LogP contribution in [0.5, 0.6) is 0 Å². The highest BCUT2D eigenvalue weighted by atomic mass is 32.2. The number of hydrogen-bond donors (Lipinski definition) is 1. The fourth-order valence-electron chi connectivity index (χ4n) is 2.79. The van der Waals surface area contributed by atoms with E-state index < -0.39 is 0 Å². The first-order valence-corrected chi connectivity index (χ1v) is 8.95. The van der Waals surface area contributed by atoms with E-state index in [1.165, 1.54) is 30.2 Å². The Morgan fingerprint density at radius 3 is 2.72 bits per heavy atom. The average Bonchev–Trinajstić information content (AvgIpc) is 3.21. The summed E-state index contributed by atoms with van der Waals surface area (Å²) in [5, 5.41) is 7.14. The van der Waals surface area contributed by atoms with Crippen LogP contribution in [0.15, 0.2) is 41.8 Å². The number of carbonyl (C=O) groups is 1. The molecular weight excluding hydrogens is 339 g/mol. The summed E-state index contributed by atoms with van der Waals surface area (Å²) >= 11 is 1.34. The van der Waals surface area contributed by atoms with E-state index in [2.05, 4.69) is 19.7 Å². The van der Waals surface area contributed by atoms with E-state index in [0.29, 0.717) is 10.9 Å². The van der Waals surface area contributed by atoms with Gasteiger partial charge in [-0.25, -0.2) is 9.37 Å².